The van der Waals surface area contributed by atoms with Gasteiger partial charge in [-0.25, -0.2) is 0 Å². The van der Waals surface area contributed by atoms with Crippen LogP contribution >= 0.6 is 12.4 Å². The van der Waals surface area contributed by atoms with Gasteiger partial charge in [-0.3, -0.25) is 4.79 Å². The molecular formula is C15H29ClN2O. The lowest BCUT2D eigenvalue weighted by atomic mass is 9.84. The van der Waals surface area contributed by atoms with Gasteiger partial charge in [-0.05, 0) is 32.2 Å². The number of hydrogen-bond donors (Lipinski definition) is 1. The highest BCUT2D eigenvalue weighted by atomic mass is 35.5. The second kappa shape index (κ2) is 8.80. The van der Waals surface area contributed by atoms with Crippen molar-refractivity contribution in [2.75, 3.05) is 20.1 Å². The molecular weight excluding hydrogens is 260 g/mol. The van der Waals surface area contributed by atoms with Crippen molar-refractivity contribution in [3.8, 4) is 0 Å². The van der Waals surface area contributed by atoms with Gasteiger partial charge in [0.05, 0.1) is 0 Å². The van der Waals surface area contributed by atoms with Gasteiger partial charge in [0.15, 0.2) is 0 Å². The second-order valence-corrected chi connectivity index (χ2v) is 5.98. The molecule has 0 aromatic carbocycles. The Morgan fingerprint density at radius 1 is 1.16 bits per heavy atom. The molecule has 1 saturated carbocycles. The molecule has 2 fully saturated rings. The summed E-state index contributed by atoms with van der Waals surface area (Å²) in [6.45, 7) is 1.81. The minimum atomic E-state index is 0. The van der Waals surface area contributed by atoms with Gasteiger partial charge < -0.3 is 10.2 Å². The van der Waals surface area contributed by atoms with E-state index in [1.165, 1.54) is 51.4 Å². The number of hydrogen-bond acceptors (Lipinski definition) is 2. The minimum absolute atomic E-state index is 0. The SMILES string of the molecule is CNCCC(=O)N1CCCC1CC1CCCCC1.Cl. The normalized spacial score (nSPS) is 24.3. The van der Waals surface area contributed by atoms with E-state index in [9.17, 15) is 4.79 Å². The fourth-order valence-electron chi connectivity index (χ4n) is 3.59. The molecule has 0 aromatic heterocycles. The molecule has 0 radical (unpaired) electrons. The highest BCUT2D eigenvalue weighted by Gasteiger charge is 2.30. The van der Waals surface area contributed by atoms with Crippen molar-refractivity contribution < 1.29 is 4.79 Å². The second-order valence-electron chi connectivity index (χ2n) is 5.98. The molecule has 1 heterocycles. The highest BCUT2D eigenvalue weighted by Crippen LogP contribution is 2.32. The predicted octanol–water partition coefficient (Wildman–Crippen LogP) is 2.98. The van der Waals surface area contributed by atoms with Crippen LogP contribution in [0.2, 0.25) is 0 Å². The Kier molecular flexibility index (Phi) is 7.77. The monoisotopic (exact) mass is 288 g/mol. The first-order chi connectivity index (χ1) is 8.81. The van der Waals surface area contributed by atoms with Crippen LogP contribution in [0.15, 0.2) is 0 Å². The zero-order chi connectivity index (χ0) is 12.8. The van der Waals surface area contributed by atoms with Crippen LogP contribution in [0.1, 0.15) is 57.8 Å². The van der Waals surface area contributed by atoms with Crippen LogP contribution in [0.4, 0.5) is 0 Å². The van der Waals surface area contributed by atoms with Crippen LogP contribution in [-0.2, 0) is 4.79 Å². The van der Waals surface area contributed by atoms with Gasteiger partial charge in [-0.2, -0.15) is 0 Å². The van der Waals surface area contributed by atoms with Crippen molar-refractivity contribution in [2.24, 2.45) is 5.92 Å². The zero-order valence-electron chi connectivity index (χ0n) is 12.2. The maximum Gasteiger partial charge on any atom is 0.224 e. The first kappa shape index (κ1) is 16.8. The van der Waals surface area contributed by atoms with E-state index < -0.39 is 0 Å². The fraction of sp³-hybridized carbons (Fsp3) is 0.933. The van der Waals surface area contributed by atoms with Gasteiger partial charge in [-0.1, -0.05) is 32.1 Å². The van der Waals surface area contributed by atoms with Crippen molar-refractivity contribution >= 4 is 18.3 Å². The van der Waals surface area contributed by atoms with Gasteiger partial charge >= 0.3 is 0 Å². The largest absolute Gasteiger partial charge is 0.340 e. The van der Waals surface area contributed by atoms with Gasteiger partial charge in [-0.15, -0.1) is 12.4 Å². The minimum Gasteiger partial charge on any atom is -0.340 e. The van der Waals surface area contributed by atoms with Crippen LogP contribution in [0, 0.1) is 5.92 Å². The summed E-state index contributed by atoms with van der Waals surface area (Å²) in [7, 11) is 1.91. The van der Waals surface area contributed by atoms with E-state index in [-0.39, 0.29) is 12.4 Å². The number of halogens is 1. The Morgan fingerprint density at radius 2 is 1.89 bits per heavy atom. The molecule has 3 nitrogen and oxygen atoms in total. The number of rotatable bonds is 5. The molecule has 1 atom stereocenters. The molecule has 2 aliphatic rings. The average molecular weight is 289 g/mol. The molecule has 1 aliphatic heterocycles. The number of carbonyl (C=O) groups is 1. The lowest BCUT2D eigenvalue weighted by Crippen LogP contribution is -2.38. The molecule has 1 unspecified atom stereocenters. The molecule has 1 aliphatic carbocycles. The summed E-state index contributed by atoms with van der Waals surface area (Å²) in [6, 6.07) is 0.553. The molecule has 1 N–H and O–H groups in total. The molecule has 2 rings (SSSR count). The van der Waals surface area contributed by atoms with Crippen molar-refractivity contribution in [3.63, 3.8) is 0 Å². The standard InChI is InChI=1S/C15H28N2O.ClH/c1-16-10-9-15(18)17-11-5-8-14(17)12-13-6-3-2-4-7-13;/h13-14,16H,2-12H2,1H3;1H. The molecule has 19 heavy (non-hydrogen) atoms. The van der Waals surface area contributed by atoms with Gasteiger partial charge in [0.1, 0.15) is 0 Å². The predicted molar refractivity (Wildman–Crippen MR) is 81.7 cm³/mol. The first-order valence-corrected chi connectivity index (χ1v) is 7.75. The van der Waals surface area contributed by atoms with Crippen LogP contribution in [-0.4, -0.2) is 37.0 Å². The third kappa shape index (κ3) is 4.96. The smallest absolute Gasteiger partial charge is 0.224 e. The summed E-state index contributed by atoms with van der Waals surface area (Å²) in [5.74, 6) is 1.25. The van der Waals surface area contributed by atoms with E-state index in [1.807, 2.05) is 7.05 Å². The van der Waals surface area contributed by atoms with E-state index in [0.717, 1.165) is 19.0 Å². The number of nitrogens with one attached hydrogen (secondary N) is 1. The Bertz CT molecular complexity index is 267. The van der Waals surface area contributed by atoms with Gasteiger partial charge in [0.25, 0.3) is 0 Å². The topological polar surface area (TPSA) is 32.3 Å². The number of likely N-dealkylation sites (tertiary alicyclic amines) is 1. The fourth-order valence-corrected chi connectivity index (χ4v) is 3.59. The molecule has 0 spiro atoms. The number of amides is 1. The summed E-state index contributed by atoms with van der Waals surface area (Å²) in [5.41, 5.74) is 0. The van der Waals surface area contributed by atoms with Crippen LogP contribution in [0.25, 0.3) is 0 Å². The molecule has 0 aromatic rings. The summed E-state index contributed by atoms with van der Waals surface area (Å²) in [6.07, 6.45) is 11.4. The third-order valence-electron chi connectivity index (χ3n) is 4.62. The average Bonchev–Trinajstić information content (AvgIpc) is 2.85. The van der Waals surface area contributed by atoms with E-state index in [1.54, 1.807) is 0 Å². The van der Waals surface area contributed by atoms with E-state index in [4.69, 9.17) is 0 Å². The maximum absolute atomic E-state index is 12.1. The lowest BCUT2D eigenvalue weighted by Gasteiger charge is -2.30. The Hall–Kier alpha value is -0.280. The zero-order valence-corrected chi connectivity index (χ0v) is 13.0. The maximum atomic E-state index is 12.1. The Balaban J connectivity index is 0.00000180. The van der Waals surface area contributed by atoms with E-state index in [2.05, 4.69) is 10.2 Å². The number of nitrogens with zero attached hydrogens (tertiary/aromatic N) is 1. The molecule has 0 bridgehead atoms. The van der Waals surface area contributed by atoms with Crippen molar-refractivity contribution in [2.45, 2.75) is 63.8 Å². The van der Waals surface area contributed by atoms with E-state index in [0.29, 0.717) is 18.4 Å². The summed E-state index contributed by atoms with van der Waals surface area (Å²) in [4.78, 5) is 14.3. The third-order valence-corrected chi connectivity index (χ3v) is 4.62. The first-order valence-electron chi connectivity index (χ1n) is 7.75. The molecule has 1 saturated heterocycles. The lowest BCUT2D eigenvalue weighted by molar-refractivity contribution is -0.132. The molecule has 1 amide bonds. The summed E-state index contributed by atoms with van der Waals surface area (Å²) < 4.78 is 0. The van der Waals surface area contributed by atoms with Gasteiger partial charge in [0, 0.05) is 25.6 Å². The molecule has 4 heteroatoms. The van der Waals surface area contributed by atoms with Gasteiger partial charge in [0.2, 0.25) is 5.91 Å². The van der Waals surface area contributed by atoms with Crippen molar-refractivity contribution in [3.05, 3.63) is 0 Å². The highest BCUT2D eigenvalue weighted by molar-refractivity contribution is 5.85. The van der Waals surface area contributed by atoms with Crippen LogP contribution < -0.4 is 5.32 Å². The summed E-state index contributed by atoms with van der Waals surface area (Å²) in [5, 5.41) is 3.07. The number of carbonyl (C=O) groups excluding carboxylic acids is 1. The van der Waals surface area contributed by atoms with Crippen molar-refractivity contribution in [1.82, 2.24) is 10.2 Å². The van der Waals surface area contributed by atoms with Crippen LogP contribution in [0.3, 0.4) is 0 Å². The quantitative estimate of drug-likeness (QED) is 0.843. The Morgan fingerprint density at radius 3 is 2.58 bits per heavy atom. The molecule has 112 valence electrons. The summed E-state index contributed by atoms with van der Waals surface area (Å²) >= 11 is 0. The van der Waals surface area contributed by atoms with Crippen molar-refractivity contribution in [1.29, 1.82) is 0 Å². The Labute approximate surface area is 123 Å². The van der Waals surface area contributed by atoms with E-state index >= 15 is 0 Å². The van der Waals surface area contributed by atoms with Crippen LogP contribution in [0.5, 0.6) is 0 Å².